The van der Waals surface area contributed by atoms with Crippen molar-refractivity contribution in [1.29, 1.82) is 0 Å². The molecule has 0 heterocycles. The van der Waals surface area contributed by atoms with Gasteiger partial charge in [-0.05, 0) is 38.3 Å². The minimum absolute atomic E-state index is 0.0273. The van der Waals surface area contributed by atoms with Crippen LogP contribution in [-0.4, -0.2) is 69.4 Å². The number of aliphatic carboxylic acids is 1. The fourth-order valence-corrected chi connectivity index (χ4v) is 5.24. The average molecular weight is 501 g/mol. The van der Waals surface area contributed by atoms with Crippen molar-refractivity contribution in [2.45, 2.75) is 52.9 Å². The first kappa shape index (κ1) is 29.6. The van der Waals surface area contributed by atoms with E-state index in [-0.39, 0.29) is 38.0 Å². The van der Waals surface area contributed by atoms with Gasteiger partial charge >= 0.3 is 17.9 Å². The Balaban J connectivity index is 2.85. The maximum absolute atomic E-state index is 12.3. The van der Waals surface area contributed by atoms with E-state index < -0.39 is 38.4 Å². The molecular weight excluding hydrogens is 464 g/mol. The van der Waals surface area contributed by atoms with Gasteiger partial charge < -0.3 is 19.3 Å². The first-order chi connectivity index (χ1) is 15.7. The Bertz CT molecular complexity index is 953. The van der Waals surface area contributed by atoms with Crippen LogP contribution in [0.4, 0.5) is 0 Å². The second-order valence-corrected chi connectivity index (χ2v) is 11.2. The Kier molecular flexibility index (Phi) is 11.2. The number of aryl methyl sites for hydroxylation is 1. The molecule has 0 spiro atoms. The zero-order valence-corrected chi connectivity index (χ0v) is 21.4. The first-order valence-corrected chi connectivity index (χ1v) is 13.0. The molecule has 0 amide bonds. The molecule has 1 aromatic rings. The van der Waals surface area contributed by atoms with Crippen molar-refractivity contribution in [1.82, 2.24) is 0 Å². The smallest absolute Gasteiger partial charge is 0.321 e. The molecule has 1 atom stereocenters. The molecule has 1 rings (SSSR count). The number of hydrogen-bond acceptors (Lipinski definition) is 8. The van der Waals surface area contributed by atoms with Crippen molar-refractivity contribution in [3.05, 3.63) is 35.4 Å². The number of carboxylic acid groups (broad SMARTS) is 1. The zero-order chi connectivity index (χ0) is 26.0. The summed E-state index contributed by atoms with van der Waals surface area (Å²) in [6.07, 6.45) is 0.598. The summed E-state index contributed by atoms with van der Waals surface area (Å²) in [6.45, 7) is 8.38. The van der Waals surface area contributed by atoms with Gasteiger partial charge in [-0.2, -0.15) is 0 Å². The van der Waals surface area contributed by atoms with Crippen LogP contribution in [0.25, 0.3) is 0 Å². The van der Waals surface area contributed by atoms with Crippen LogP contribution in [0, 0.1) is 5.41 Å². The highest BCUT2D eigenvalue weighted by atomic mass is 32.2. The van der Waals surface area contributed by atoms with Crippen molar-refractivity contribution in [2.24, 2.45) is 5.41 Å². The van der Waals surface area contributed by atoms with Crippen molar-refractivity contribution >= 4 is 27.7 Å². The number of esters is 2. The van der Waals surface area contributed by atoms with Crippen LogP contribution in [0.1, 0.15) is 52.2 Å². The normalized spacial score (nSPS) is 13.7. The van der Waals surface area contributed by atoms with Gasteiger partial charge in [-0.1, -0.05) is 38.1 Å². The van der Waals surface area contributed by atoms with E-state index in [1.165, 1.54) is 6.92 Å². The van der Waals surface area contributed by atoms with Crippen molar-refractivity contribution < 1.29 is 42.1 Å². The average Bonchev–Trinajstić information content (AvgIpc) is 2.71. The quantitative estimate of drug-likeness (QED) is 0.361. The number of hydrogen-bond donors (Lipinski definition) is 1. The Morgan fingerprint density at radius 2 is 1.59 bits per heavy atom. The molecule has 0 fully saturated rings. The van der Waals surface area contributed by atoms with Gasteiger partial charge in [0.1, 0.15) is 11.2 Å². The van der Waals surface area contributed by atoms with Crippen LogP contribution in [0.15, 0.2) is 24.3 Å². The number of benzene rings is 1. The highest BCUT2D eigenvalue weighted by molar-refractivity contribution is 7.92. The lowest BCUT2D eigenvalue weighted by Gasteiger charge is -2.29. The third-order valence-electron chi connectivity index (χ3n) is 5.10. The van der Waals surface area contributed by atoms with Crippen LogP contribution in [0.5, 0.6) is 0 Å². The third kappa shape index (κ3) is 9.80. The number of carbonyl (C=O) groups is 3. The van der Waals surface area contributed by atoms with E-state index in [0.717, 1.165) is 5.56 Å². The number of ether oxygens (including phenoxy) is 3. The Hall–Kier alpha value is -2.46. The summed E-state index contributed by atoms with van der Waals surface area (Å²) in [5.41, 5.74) is -0.941. The summed E-state index contributed by atoms with van der Waals surface area (Å²) in [5, 5.41) is 9.93. The van der Waals surface area contributed by atoms with Crippen LogP contribution >= 0.6 is 0 Å². The Labute approximate surface area is 201 Å². The van der Waals surface area contributed by atoms with Gasteiger partial charge in [0.15, 0.2) is 9.84 Å². The number of carbonyl (C=O) groups excluding carboxylic acids is 2. The largest absolute Gasteiger partial charge is 0.481 e. The van der Waals surface area contributed by atoms with E-state index in [9.17, 15) is 27.9 Å². The molecule has 9 nitrogen and oxygen atoms in total. The molecule has 0 aliphatic heterocycles. The van der Waals surface area contributed by atoms with Crippen LogP contribution < -0.4 is 0 Å². The van der Waals surface area contributed by atoms with Gasteiger partial charge in [-0.3, -0.25) is 14.4 Å². The fraction of sp³-hybridized carbons (Fsp3) is 0.625. The summed E-state index contributed by atoms with van der Waals surface area (Å²) in [5.74, 6) is -3.25. The maximum atomic E-state index is 12.3. The van der Waals surface area contributed by atoms with E-state index in [0.29, 0.717) is 18.6 Å². The fourth-order valence-electron chi connectivity index (χ4n) is 3.42. The molecule has 0 aliphatic rings. The monoisotopic (exact) mass is 500 g/mol. The topological polar surface area (TPSA) is 133 Å². The molecule has 0 saturated heterocycles. The van der Waals surface area contributed by atoms with Crippen LogP contribution in [-0.2, 0) is 50.3 Å². The lowest BCUT2D eigenvalue weighted by atomic mass is 9.82. The summed E-state index contributed by atoms with van der Waals surface area (Å²) < 4.78 is 40.0. The molecule has 0 aliphatic carbocycles. The van der Waals surface area contributed by atoms with Gasteiger partial charge in [0.25, 0.3) is 0 Å². The molecule has 10 heteroatoms. The summed E-state index contributed by atoms with van der Waals surface area (Å²) in [7, 11) is -3.73. The van der Waals surface area contributed by atoms with E-state index in [2.05, 4.69) is 0 Å². The highest BCUT2D eigenvalue weighted by Crippen LogP contribution is 2.28. The molecule has 0 saturated carbocycles. The van der Waals surface area contributed by atoms with Gasteiger partial charge in [0.2, 0.25) is 0 Å². The van der Waals surface area contributed by atoms with Gasteiger partial charge in [0, 0.05) is 11.8 Å². The minimum atomic E-state index is -3.73. The number of rotatable bonds is 15. The van der Waals surface area contributed by atoms with E-state index in [1.54, 1.807) is 45.9 Å². The van der Waals surface area contributed by atoms with Crippen molar-refractivity contribution in [3.63, 3.8) is 0 Å². The second kappa shape index (κ2) is 12.9. The van der Waals surface area contributed by atoms with Crippen molar-refractivity contribution in [3.8, 4) is 0 Å². The molecule has 192 valence electrons. The lowest BCUT2D eigenvalue weighted by molar-refractivity contribution is -0.146. The standard InChI is InChI=1S/C24H36O9S/c1-6-32-20(25)12-11-18-9-8-10-19(13-18)24(5,22(27)28)16-31-15-23(3,4)17-34(29,30)14-21(26)33-7-2/h8-10,13H,6-7,11-12,14-17H2,1-5H3,(H,27,28). The zero-order valence-electron chi connectivity index (χ0n) is 20.6. The predicted molar refractivity (Wildman–Crippen MR) is 126 cm³/mol. The second-order valence-electron chi connectivity index (χ2n) is 9.14. The molecule has 0 bridgehead atoms. The minimum Gasteiger partial charge on any atom is -0.481 e. The molecule has 1 N–H and O–H groups in total. The Morgan fingerprint density at radius 1 is 0.971 bits per heavy atom. The molecule has 0 aromatic heterocycles. The van der Waals surface area contributed by atoms with E-state index >= 15 is 0 Å². The van der Waals surface area contributed by atoms with E-state index in [1.807, 2.05) is 6.07 Å². The summed E-state index contributed by atoms with van der Waals surface area (Å²) in [6, 6.07) is 6.94. The van der Waals surface area contributed by atoms with Gasteiger partial charge in [0.05, 0.1) is 32.2 Å². The number of carboxylic acids is 1. The van der Waals surface area contributed by atoms with Gasteiger partial charge in [-0.15, -0.1) is 0 Å². The SMILES string of the molecule is CCOC(=O)CCc1cccc(C(C)(COCC(C)(C)CS(=O)(=O)CC(=O)OCC)C(=O)O)c1. The first-order valence-electron chi connectivity index (χ1n) is 11.2. The lowest BCUT2D eigenvalue weighted by Crippen LogP contribution is -2.40. The molecule has 34 heavy (non-hydrogen) atoms. The maximum Gasteiger partial charge on any atom is 0.321 e. The van der Waals surface area contributed by atoms with Crippen molar-refractivity contribution in [2.75, 3.05) is 37.9 Å². The molecule has 0 radical (unpaired) electrons. The highest BCUT2D eigenvalue weighted by Gasteiger charge is 2.37. The Morgan fingerprint density at radius 3 is 2.18 bits per heavy atom. The molecule has 1 unspecified atom stereocenters. The third-order valence-corrected chi connectivity index (χ3v) is 6.99. The number of sulfone groups is 1. The van der Waals surface area contributed by atoms with Crippen LogP contribution in [0.2, 0.25) is 0 Å². The van der Waals surface area contributed by atoms with Gasteiger partial charge in [-0.25, -0.2) is 8.42 Å². The summed E-state index contributed by atoms with van der Waals surface area (Å²) >= 11 is 0. The predicted octanol–water partition coefficient (Wildman–Crippen LogP) is 2.55. The van der Waals surface area contributed by atoms with Crippen LogP contribution in [0.3, 0.4) is 0 Å². The molecule has 1 aromatic carbocycles. The van der Waals surface area contributed by atoms with E-state index in [4.69, 9.17) is 14.2 Å². The molecular formula is C24H36O9S. The summed E-state index contributed by atoms with van der Waals surface area (Å²) in [4.78, 5) is 35.3.